The smallest absolute Gasteiger partial charge is 0.406 e. The van der Waals surface area contributed by atoms with Crippen LogP contribution in [0.2, 0.25) is 0 Å². The van der Waals surface area contributed by atoms with Gasteiger partial charge in [-0.15, -0.1) is 0 Å². The zero-order valence-electron chi connectivity index (χ0n) is 13.0. The van der Waals surface area contributed by atoms with Gasteiger partial charge in [0.25, 0.3) is 0 Å². The topological polar surface area (TPSA) is 93.7 Å². The van der Waals surface area contributed by atoms with Gasteiger partial charge >= 0.3 is 12.2 Å². The summed E-state index contributed by atoms with van der Waals surface area (Å²) in [5.74, 6) is -0.115. The molecule has 1 aromatic rings. The molecule has 0 heterocycles. The van der Waals surface area contributed by atoms with Crippen molar-refractivity contribution in [2.45, 2.75) is 39.8 Å². The van der Waals surface area contributed by atoms with Crippen LogP contribution in [-0.2, 0) is 0 Å². The van der Waals surface area contributed by atoms with E-state index in [-0.39, 0.29) is 29.1 Å². The lowest BCUT2D eigenvalue weighted by atomic mass is 10.2. The maximum atomic E-state index is 11.7. The second kappa shape index (κ2) is 8.02. The largest absolute Gasteiger partial charge is 0.412 e. The second-order valence-electron chi connectivity index (χ2n) is 5.17. The molecule has 7 heteroatoms. The minimum Gasteiger partial charge on any atom is -0.406 e. The molecule has 7 nitrogen and oxygen atoms in total. The van der Waals surface area contributed by atoms with E-state index in [9.17, 15) is 14.4 Å². The van der Waals surface area contributed by atoms with Crippen molar-refractivity contribution in [3.63, 3.8) is 0 Å². The van der Waals surface area contributed by atoms with Gasteiger partial charge in [-0.25, -0.2) is 9.59 Å². The molecule has 1 aromatic carbocycles. The molecule has 22 heavy (non-hydrogen) atoms. The first-order valence-electron chi connectivity index (χ1n) is 6.88. The third-order valence-corrected chi connectivity index (χ3v) is 2.35. The number of carbonyl (C=O) groups excluding carboxylic acids is 3. The van der Waals surface area contributed by atoms with Crippen molar-refractivity contribution in [1.29, 1.82) is 0 Å². The number of aldehydes is 1. The molecule has 0 bridgehead atoms. The molecule has 0 saturated carbocycles. The zero-order valence-corrected chi connectivity index (χ0v) is 13.0. The second-order valence-corrected chi connectivity index (χ2v) is 5.17. The molecule has 0 spiro atoms. The van der Waals surface area contributed by atoms with Gasteiger partial charge in [0.1, 0.15) is 0 Å². The Bertz CT molecular complexity index is 555. The lowest BCUT2D eigenvalue weighted by molar-refractivity contribution is 0.111. The van der Waals surface area contributed by atoms with Gasteiger partial charge in [0.05, 0.1) is 5.56 Å². The van der Waals surface area contributed by atoms with E-state index >= 15 is 0 Å². The first-order chi connectivity index (χ1) is 10.3. The Kier molecular flexibility index (Phi) is 6.37. The Balaban J connectivity index is 2.99. The van der Waals surface area contributed by atoms with Crippen LogP contribution in [-0.4, -0.2) is 30.6 Å². The molecule has 2 amide bonds. The predicted molar refractivity (Wildman–Crippen MR) is 80.4 cm³/mol. The van der Waals surface area contributed by atoms with Crippen LogP contribution < -0.4 is 20.1 Å². The minimum atomic E-state index is -0.738. The van der Waals surface area contributed by atoms with Crippen LogP contribution in [0, 0.1) is 0 Å². The quantitative estimate of drug-likeness (QED) is 0.815. The molecule has 1 rings (SSSR count). The number of rotatable bonds is 5. The number of carbonyl (C=O) groups is 3. The third-order valence-electron chi connectivity index (χ3n) is 2.35. The van der Waals surface area contributed by atoms with Crippen LogP contribution in [0.5, 0.6) is 11.5 Å². The fourth-order valence-corrected chi connectivity index (χ4v) is 1.54. The highest BCUT2D eigenvalue weighted by molar-refractivity contribution is 5.85. The van der Waals surface area contributed by atoms with Gasteiger partial charge in [0, 0.05) is 12.1 Å². The van der Waals surface area contributed by atoms with Crippen molar-refractivity contribution in [1.82, 2.24) is 10.6 Å². The number of para-hydroxylation sites is 1. The van der Waals surface area contributed by atoms with Crippen LogP contribution in [0.1, 0.15) is 38.1 Å². The van der Waals surface area contributed by atoms with E-state index in [0.717, 1.165) is 0 Å². The van der Waals surface area contributed by atoms with Crippen molar-refractivity contribution in [3.8, 4) is 11.5 Å². The van der Waals surface area contributed by atoms with Crippen LogP contribution >= 0.6 is 0 Å². The van der Waals surface area contributed by atoms with Crippen molar-refractivity contribution in [2.24, 2.45) is 0 Å². The third kappa shape index (κ3) is 5.43. The Morgan fingerprint density at radius 2 is 1.55 bits per heavy atom. The maximum absolute atomic E-state index is 11.7. The lowest BCUT2D eigenvalue weighted by Gasteiger charge is -2.15. The van der Waals surface area contributed by atoms with Gasteiger partial charge in [0.2, 0.25) is 0 Å². The van der Waals surface area contributed by atoms with Gasteiger partial charge in [-0.3, -0.25) is 4.79 Å². The Morgan fingerprint density at radius 1 is 1.00 bits per heavy atom. The summed E-state index contributed by atoms with van der Waals surface area (Å²) in [6.07, 6.45) is -0.920. The van der Waals surface area contributed by atoms with E-state index in [0.29, 0.717) is 6.29 Å². The molecule has 0 aliphatic rings. The van der Waals surface area contributed by atoms with Crippen molar-refractivity contribution in [3.05, 3.63) is 23.8 Å². The summed E-state index contributed by atoms with van der Waals surface area (Å²) < 4.78 is 10.2. The summed E-state index contributed by atoms with van der Waals surface area (Å²) in [6, 6.07) is 4.16. The summed E-state index contributed by atoms with van der Waals surface area (Å²) in [4.78, 5) is 34.4. The summed E-state index contributed by atoms with van der Waals surface area (Å²) in [5.41, 5.74) is 0.105. The fraction of sp³-hybridized carbons (Fsp3) is 0.400. The molecule has 0 aliphatic heterocycles. The maximum Gasteiger partial charge on any atom is 0.412 e. The van der Waals surface area contributed by atoms with Crippen LogP contribution in [0.25, 0.3) is 0 Å². The normalized spacial score (nSPS) is 10.3. The van der Waals surface area contributed by atoms with E-state index in [2.05, 4.69) is 10.6 Å². The molecule has 0 aromatic heterocycles. The highest BCUT2D eigenvalue weighted by atomic mass is 16.6. The molecule has 0 unspecified atom stereocenters. The van der Waals surface area contributed by atoms with Crippen LogP contribution in [0.15, 0.2) is 18.2 Å². The number of nitrogens with one attached hydrogen (secondary N) is 2. The van der Waals surface area contributed by atoms with Crippen molar-refractivity contribution < 1.29 is 23.9 Å². The number of hydrogen-bond acceptors (Lipinski definition) is 5. The number of benzene rings is 1. The molecule has 0 radical (unpaired) electrons. The molecular weight excluding hydrogens is 288 g/mol. The SMILES string of the molecule is CC(C)NC(=O)Oc1cccc(C=O)c1OC(=O)NC(C)C. The van der Waals surface area contributed by atoms with E-state index in [1.165, 1.54) is 18.2 Å². The van der Waals surface area contributed by atoms with E-state index in [1.54, 1.807) is 27.7 Å². The highest BCUT2D eigenvalue weighted by Gasteiger charge is 2.18. The fourth-order valence-electron chi connectivity index (χ4n) is 1.54. The number of hydrogen-bond donors (Lipinski definition) is 2. The molecule has 0 atom stereocenters. The van der Waals surface area contributed by atoms with Crippen LogP contribution in [0.3, 0.4) is 0 Å². The number of amides is 2. The summed E-state index contributed by atoms with van der Waals surface area (Å²) in [7, 11) is 0. The highest BCUT2D eigenvalue weighted by Crippen LogP contribution is 2.30. The van der Waals surface area contributed by atoms with Crippen molar-refractivity contribution in [2.75, 3.05) is 0 Å². The van der Waals surface area contributed by atoms with Gasteiger partial charge < -0.3 is 20.1 Å². The molecule has 0 saturated heterocycles. The monoisotopic (exact) mass is 308 g/mol. The van der Waals surface area contributed by atoms with Gasteiger partial charge in [-0.2, -0.15) is 0 Å². The van der Waals surface area contributed by atoms with Gasteiger partial charge in [-0.05, 0) is 39.8 Å². The summed E-state index contributed by atoms with van der Waals surface area (Å²) in [6.45, 7) is 7.08. The van der Waals surface area contributed by atoms with E-state index in [1.807, 2.05) is 0 Å². The molecule has 2 N–H and O–H groups in total. The van der Waals surface area contributed by atoms with E-state index < -0.39 is 12.2 Å². The predicted octanol–water partition coefficient (Wildman–Crippen LogP) is 2.49. The lowest BCUT2D eigenvalue weighted by Crippen LogP contribution is -2.34. The summed E-state index contributed by atoms with van der Waals surface area (Å²) in [5, 5.41) is 5.06. The molecule has 120 valence electrons. The Morgan fingerprint density at radius 3 is 2.05 bits per heavy atom. The number of ether oxygens (including phenoxy) is 2. The molecule has 0 fully saturated rings. The Hall–Kier alpha value is -2.57. The average molecular weight is 308 g/mol. The van der Waals surface area contributed by atoms with Gasteiger partial charge in [-0.1, -0.05) is 6.07 Å². The average Bonchev–Trinajstić information content (AvgIpc) is 2.38. The Labute approximate surface area is 129 Å². The first-order valence-corrected chi connectivity index (χ1v) is 6.88. The zero-order chi connectivity index (χ0) is 16.7. The molecular formula is C15H20N2O5. The van der Waals surface area contributed by atoms with E-state index in [4.69, 9.17) is 9.47 Å². The first kappa shape index (κ1) is 17.5. The van der Waals surface area contributed by atoms with Crippen LogP contribution in [0.4, 0.5) is 9.59 Å². The molecule has 0 aliphatic carbocycles. The minimum absolute atomic E-state index is 0.0124. The van der Waals surface area contributed by atoms with Gasteiger partial charge in [0.15, 0.2) is 17.8 Å². The van der Waals surface area contributed by atoms with Crippen molar-refractivity contribution >= 4 is 18.5 Å². The summed E-state index contributed by atoms with van der Waals surface area (Å²) >= 11 is 0. The standard InChI is InChI=1S/C15H20N2O5/c1-9(2)16-14(19)21-12-7-5-6-11(8-18)13(12)22-15(20)17-10(3)4/h5-10H,1-4H3,(H,16,19)(H,17,20).